The average Bonchev–Trinajstić information content (AvgIpc) is 3.34. The summed E-state index contributed by atoms with van der Waals surface area (Å²) in [5.74, 6) is -0.518. The Hall–Kier alpha value is -3.52. The number of nitrogens with one attached hydrogen (secondary N) is 2. The fourth-order valence-electron chi connectivity index (χ4n) is 3.71. The summed E-state index contributed by atoms with van der Waals surface area (Å²) >= 11 is 6.01. The number of halogens is 1. The number of hydrogen-bond donors (Lipinski definition) is 4. The van der Waals surface area contributed by atoms with Gasteiger partial charge >= 0.3 is 0 Å². The van der Waals surface area contributed by atoms with E-state index >= 15 is 0 Å². The quantitative estimate of drug-likeness (QED) is 0.405. The van der Waals surface area contributed by atoms with Crippen molar-refractivity contribution in [3.8, 4) is 22.8 Å². The molecule has 1 aliphatic heterocycles. The monoisotopic (exact) mass is 409 g/mol. The number of aromatic hydroxyl groups is 2. The normalized spacial score (nSPS) is 13.6. The molecule has 1 amide bonds. The standard InChI is InChI=1S/C20H16ClN5O3/c21-13-7-11(16(27)8-17(13)28)18-12-9-26(6-5-15(12)23-24-18)20(29)19-10-3-1-2-4-14(10)22-25-19/h1-4,7-8,27-28H,5-6,9H2,(H,22,25)(H,23,24). The molecule has 29 heavy (non-hydrogen) atoms. The van der Waals surface area contributed by atoms with Crippen LogP contribution in [0.25, 0.3) is 22.2 Å². The molecule has 0 unspecified atom stereocenters. The van der Waals surface area contributed by atoms with Crippen LogP contribution in [0.4, 0.5) is 0 Å². The Kier molecular flexibility index (Phi) is 3.95. The lowest BCUT2D eigenvalue weighted by Crippen LogP contribution is -2.36. The number of para-hydroxylation sites is 1. The molecular formula is C20H16ClN5O3. The van der Waals surface area contributed by atoms with Crippen LogP contribution in [0, 0.1) is 0 Å². The van der Waals surface area contributed by atoms with Crippen LogP contribution in [0.1, 0.15) is 21.7 Å². The summed E-state index contributed by atoms with van der Waals surface area (Å²) in [6.45, 7) is 0.843. The number of H-pyrrole nitrogens is 2. The van der Waals surface area contributed by atoms with Gasteiger partial charge in [-0.15, -0.1) is 0 Å². The van der Waals surface area contributed by atoms with E-state index in [2.05, 4.69) is 20.4 Å². The van der Waals surface area contributed by atoms with E-state index in [0.717, 1.165) is 22.2 Å². The van der Waals surface area contributed by atoms with E-state index in [1.807, 2.05) is 24.3 Å². The minimum Gasteiger partial charge on any atom is -0.507 e. The number of carbonyl (C=O) groups excluding carboxylic acids is 1. The van der Waals surface area contributed by atoms with Gasteiger partial charge in [-0.25, -0.2) is 0 Å². The van der Waals surface area contributed by atoms with E-state index in [0.29, 0.717) is 36.5 Å². The van der Waals surface area contributed by atoms with Crippen molar-refractivity contribution in [2.24, 2.45) is 0 Å². The zero-order valence-electron chi connectivity index (χ0n) is 15.1. The summed E-state index contributed by atoms with van der Waals surface area (Å²) < 4.78 is 0. The topological polar surface area (TPSA) is 118 Å². The molecule has 1 aliphatic rings. The lowest BCUT2D eigenvalue weighted by molar-refractivity contribution is 0.0730. The van der Waals surface area contributed by atoms with Gasteiger partial charge in [0.25, 0.3) is 5.91 Å². The van der Waals surface area contributed by atoms with Crippen LogP contribution < -0.4 is 0 Å². The predicted molar refractivity (Wildman–Crippen MR) is 107 cm³/mol. The number of phenols is 2. The molecule has 0 atom stereocenters. The fourth-order valence-corrected chi connectivity index (χ4v) is 3.87. The van der Waals surface area contributed by atoms with Gasteiger partial charge in [0.15, 0.2) is 5.69 Å². The van der Waals surface area contributed by atoms with E-state index in [1.54, 1.807) is 4.90 Å². The smallest absolute Gasteiger partial charge is 0.275 e. The fraction of sp³-hybridized carbons (Fsp3) is 0.150. The largest absolute Gasteiger partial charge is 0.507 e. The number of benzene rings is 2. The van der Waals surface area contributed by atoms with Crippen molar-refractivity contribution in [1.82, 2.24) is 25.3 Å². The lowest BCUT2D eigenvalue weighted by atomic mass is 10.00. The molecule has 0 bridgehead atoms. The van der Waals surface area contributed by atoms with Crippen LogP contribution in [0.3, 0.4) is 0 Å². The Morgan fingerprint density at radius 2 is 1.93 bits per heavy atom. The molecule has 2 aromatic heterocycles. The Morgan fingerprint density at radius 3 is 2.79 bits per heavy atom. The highest BCUT2D eigenvalue weighted by atomic mass is 35.5. The van der Waals surface area contributed by atoms with E-state index in [4.69, 9.17) is 11.6 Å². The number of nitrogens with zero attached hydrogens (tertiary/aromatic N) is 3. The maximum atomic E-state index is 13.1. The molecule has 0 radical (unpaired) electrons. The molecule has 0 aliphatic carbocycles. The molecule has 9 heteroatoms. The molecule has 0 saturated carbocycles. The van der Waals surface area contributed by atoms with Crippen molar-refractivity contribution in [1.29, 1.82) is 0 Å². The maximum Gasteiger partial charge on any atom is 0.275 e. The molecule has 2 aromatic carbocycles. The molecule has 5 rings (SSSR count). The number of hydrogen-bond acceptors (Lipinski definition) is 5. The third kappa shape index (κ3) is 2.80. The minimum absolute atomic E-state index is 0.112. The highest BCUT2D eigenvalue weighted by Gasteiger charge is 2.29. The van der Waals surface area contributed by atoms with Crippen molar-refractivity contribution in [3.05, 3.63) is 58.4 Å². The Morgan fingerprint density at radius 1 is 1.10 bits per heavy atom. The Labute approximate surface area is 169 Å². The first-order valence-corrected chi connectivity index (χ1v) is 9.41. The number of phenolic OH excluding ortho intramolecular Hbond substituents is 2. The second-order valence-corrected chi connectivity index (χ2v) is 7.35. The average molecular weight is 410 g/mol. The lowest BCUT2D eigenvalue weighted by Gasteiger charge is -2.26. The van der Waals surface area contributed by atoms with Gasteiger partial charge in [0.2, 0.25) is 0 Å². The molecule has 0 spiro atoms. The number of rotatable bonds is 2. The van der Waals surface area contributed by atoms with Gasteiger partial charge in [-0.3, -0.25) is 15.0 Å². The third-order valence-corrected chi connectivity index (χ3v) is 5.52. The van der Waals surface area contributed by atoms with Crippen LogP contribution in [-0.2, 0) is 13.0 Å². The van der Waals surface area contributed by atoms with Crippen molar-refractivity contribution in [2.75, 3.05) is 6.54 Å². The van der Waals surface area contributed by atoms with Crippen molar-refractivity contribution >= 4 is 28.4 Å². The summed E-state index contributed by atoms with van der Waals surface area (Å²) in [5.41, 5.74) is 3.79. The number of amides is 1. The van der Waals surface area contributed by atoms with Crippen LogP contribution in [0.15, 0.2) is 36.4 Å². The predicted octanol–water partition coefficient (Wildman–Crippen LogP) is 3.22. The second kappa shape index (κ2) is 6.52. The number of fused-ring (bicyclic) bond motifs is 2. The van der Waals surface area contributed by atoms with Crippen LogP contribution >= 0.6 is 11.6 Å². The van der Waals surface area contributed by atoms with Gasteiger partial charge in [0.1, 0.15) is 17.2 Å². The summed E-state index contributed by atoms with van der Waals surface area (Å²) in [6, 6.07) is 10.1. The molecule has 4 N–H and O–H groups in total. The molecule has 8 nitrogen and oxygen atoms in total. The first-order chi connectivity index (χ1) is 14.0. The first-order valence-electron chi connectivity index (χ1n) is 9.03. The third-order valence-electron chi connectivity index (χ3n) is 5.21. The molecule has 3 heterocycles. The zero-order chi connectivity index (χ0) is 20.1. The maximum absolute atomic E-state index is 13.1. The van der Waals surface area contributed by atoms with Crippen molar-refractivity contribution in [3.63, 3.8) is 0 Å². The van der Waals surface area contributed by atoms with Crippen LogP contribution in [-0.4, -0.2) is 48.0 Å². The highest BCUT2D eigenvalue weighted by molar-refractivity contribution is 6.32. The van der Waals surface area contributed by atoms with Crippen LogP contribution in [0.2, 0.25) is 5.02 Å². The molecular weight excluding hydrogens is 394 g/mol. The number of aromatic nitrogens is 4. The van der Waals surface area contributed by atoms with Crippen molar-refractivity contribution < 1.29 is 15.0 Å². The summed E-state index contributed by atoms with van der Waals surface area (Å²) in [7, 11) is 0. The molecule has 146 valence electrons. The van der Waals surface area contributed by atoms with Gasteiger partial charge in [-0.05, 0) is 12.1 Å². The first kappa shape index (κ1) is 17.6. The van der Waals surface area contributed by atoms with Gasteiger partial charge in [-0.1, -0.05) is 29.8 Å². The van der Waals surface area contributed by atoms with Gasteiger partial charge in [0.05, 0.1) is 17.1 Å². The minimum atomic E-state index is -0.209. The molecule has 0 saturated heterocycles. The van der Waals surface area contributed by atoms with Gasteiger partial charge in [-0.2, -0.15) is 10.2 Å². The van der Waals surface area contributed by atoms with Gasteiger partial charge < -0.3 is 15.1 Å². The summed E-state index contributed by atoms with van der Waals surface area (Å²) in [4.78, 5) is 14.8. The second-order valence-electron chi connectivity index (χ2n) is 6.94. The van der Waals surface area contributed by atoms with Crippen molar-refractivity contribution in [2.45, 2.75) is 13.0 Å². The summed E-state index contributed by atoms with van der Waals surface area (Å²) in [6.07, 6.45) is 0.600. The number of carbonyl (C=O) groups is 1. The van der Waals surface area contributed by atoms with E-state index in [-0.39, 0.29) is 22.4 Å². The molecule has 4 aromatic rings. The molecule has 0 fully saturated rings. The zero-order valence-corrected chi connectivity index (χ0v) is 15.9. The Bertz CT molecular complexity index is 1260. The van der Waals surface area contributed by atoms with E-state index in [1.165, 1.54) is 12.1 Å². The van der Waals surface area contributed by atoms with Gasteiger partial charge in [0, 0.05) is 41.2 Å². The van der Waals surface area contributed by atoms with E-state index < -0.39 is 0 Å². The summed E-state index contributed by atoms with van der Waals surface area (Å²) in [5, 5.41) is 35.2. The SMILES string of the molecule is O=C(c1n[nH]c2ccccc12)N1CCc2[nH]nc(-c3cc(Cl)c(O)cc3O)c2C1. The highest BCUT2D eigenvalue weighted by Crippen LogP contribution is 2.39. The Balaban J connectivity index is 1.51. The number of aromatic amines is 2. The van der Waals surface area contributed by atoms with E-state index in [9.17, 15) is 15.0 Å². The van der Waals surface area contributed by atoms with Crippen LogP contribution in [0.5, 0.6) is 11.5 Å².